The quantitative estimate of drug-likeness (QED) is 0.855. The monoisotopic (exact) mass is 307 g/mol. The minimum Gasteiger partial charge on any atom is -0.310 e. The normalized spacial score (nSPS) is 20.9. The van der Waals surface area contributed by atoms with Crippen LogP contribution in [0.4, 0.5) is 0 Å². The number of aromatic nitrogens is 2. The number of H-pyrrole nitrogens is 1. The number of hydrogen-bond donors (Lipinski definition) is 2. The summed E-state index contributed by atoms with van der Waals surface area (Å²) in [6.45, 7) is 1.05. The lowest BCUT2D eigenvalue weighted by Gasteiger charge is -2.09. The number of benzene rings is 1. The second-order valence-corrected chi connectivity index (χ2v) is 7.66. The number of rotatable bonds is 4. The van der Waals surface area contributed by atoms with E-state index in [1.165, 1.54) is 0 Å². The summed E-state index contributed by atoms with van der Waals surface area (Å²) in [5.74, 6) is 1.26. The average Bonchev–Trinajstić information content (AvgIpc) is 2.78. The lowest BCUT2D eigenvalue weighted by Crippen LogP contribution is -2.25. The van der Waals surface area contributed by atoms with Gasteiger partial charge in [0.05, 0.1) is 29.0 Å². The predicted octanol–water partition coefficient (Wildman–Crippen LogP) is 0.447. The van der Waals surface area contributed by atoms with Gasteiger partial charge in [0.1, 0.15) is 5.82 Å². The molecule has 0 aliphatic carbocycles. The first-order valence-electron chi connectivity index (χ1n) is 6.92. The largest absolute Gasteiger partial charge is 0.310 e. The van der Waals surface area contributed by atoms with Crippen molar-refractivity contribution < 1.29 is 8.42 Å². The van der Waals surface area contributed by atoms with Gasteiger partial charge in [0, 0.05) is 0 Å². The fourth-order valence-corrected chi connectivity index (χ4v) is 4.51. The molecule has 3 rings (SSSR count). The molecule has 1 aromatic carbocycles. The highest BCUT2D eigenvalue weighted by molar-refractivity contribution is 7.91. The van der Waals surface area contributed by atoms with Gasteiger partial charge in [-0.25, -0.2) is 13.4 Å². The molecule has 21 heavy (non-hydrogen) atoms. The molecule has 112 valence electrons. The van der Waals surface area contributed by atoms with Crippen molar-refractivity contribution in [2.24, 2.45) is 5.92 Å². The highest BCUT2D eigenvalue weighted by atomic mass is 32.2. The van der Waals surface area contributed by atoms with Crippen molar-refractivity contribution in [1.82, 2.24) is 15.3 Å². The van der Waals surface area contributed by atoms with Crippen LogP contribution in [0, 0.1) is 5.92 Å². The van der Waals surface area contributed by atoms with Crippen LogP contribution in [0.25, 0.3) is 10.9 Å². The Labute approximate surface area is 122 Å². The van der Waals surface area contributed by atoms with E-state index in [1.807, 2.05) is 6.07 Å². The third-order valence-electron chi connectivity index (χ3n) is 3.71. The summed E-state index contributed by atoms with van der Waals surface area (Å²) in [6.07, 6.45) is 0.705. The third-order valence-corrected chi connectivity index (χ3v) is 5.55. The first kappa shape index (κ1) is 14.2. The number of fused-ring (bicyclic) bond motifs is 1. The number of nitrogens with one attached hydrogen (secondary N) is 2. The van der Waals surface area contributed by atoms with Gasteiger partial charge >= 0.3 is 0 Å². The van der Waals surface area contributed by atoms with Crippen molar-refractivity contribution in [2.45, 2.75) is 13.0 Å². The maximum absolute atomic E-state index is 11.9. The van der Waals surface area contributed by atoms with Crippen LogP contribution in [0.3, 0.4) is 0 Å². The van der Waals surface area contributed by atoms with Crippen molar-refractivity contribution in [3.63, 3.8) is 0 Å². The van der Waals surface area contributed by atoms with Gasteiger partial charge in [0.15, 0.2) is 9.84 Å². The van der Waals surface area contributed by atoms with Crippen LogP contribution in [-0.4, -0.2) is 36.4 Å². The summed E-state index contributed by atoms with van der Waals surface area (Å²) in [5.41, 5.74) is 0.516. The molecule has 7 heteroatoms. The van der Waals surface area contributed by atoms with Crippen molar-refractivity contribution >= 4 is 20.7 Å². The zero-order valence-electron chi connectivity index (χ0n) is 11.5. The zero-order valence-corrected chi connectivity index (χ0v) is 12.3. The molecule has 0 bridgehead atoms. The Morgan fingerprint density at radius 1 is 1.33 bits per heavy atom. The van der Waals surface area contributed by atoms with Crippen LogP contribution in [-0.2, 0) is 16.4 Å². The molecule has 1 atom stereocenters. The van der Waals surface area contributed by atoms with Crippen molar-refractivity contribution in [3.8, 4) is 0 Å². The molecule has 0 amide bonds. The summed E-state index contributed by atoms with van der Waals surface area (Å²) in [5, 5.41) is 3.75. The van der Waals surface area contributed by atoms with Gasteiger partial charge in [-0.2, -0.15) is 0 Å². The van der Waals surface area contributed by atoms with Crippen LogP contribution >= 0.6 is 0 Å². The summed E-state index contributed by atoms with van der Waals surface area (Å²) in [7, 11) is -2.84. The Bertz CT molecular complexity index is 814. The second-order valence-electron chi connectivity index (χ2n) is 5.43. The molecular formula is C14H17N3O3S. The average molecular weight is 307 g/mol. The highest BCUT2D eigenvalue weighted by Crippen LogP contribution is 2.17. The maximum atomic E-state index is 11.9. The molecule has 6 nitrogen and oxygen atoms in total. The highest BCUT2D eigenvalue weighted by Gasteiger charge is 2.27. The Balaban J connectivity index is 1.65. The van der Waals surface area contributed by atoms with Gasteiger partial charge in [0.25, 0.3) is 5.56 Å². The van der Waals surface area contributed by atoms with Gasteiger partial charge in [-0.3, -0.25) is 4.79 Å². The Morgan fingerprint density at radius 2 is 2.14 bits per heavy atom. The zero-order chi connectivity index (χ0) is 14.9. The predicted molar refractivity (Wildman–Crippen MR) is 80.8 cm³/mol. The first-order chi connectivity index (χ1) is 10.0. The molecule has 1 aliphatic heterocycles. The van der Waals surface area contributed by atoms with E-state index in [2.05, 4.69) is 15.3 Å². The molecule has 1 saturated heterocycles. The molecule has 0 radical (unpaired) electrons. The topological polar surface area (TPSA) is 91.9 Å². The van der Waals surface area contributed by atoms with E-state index in [0.29, 0.717) is 36.2 Å². The Morgan fingerprint density at radius 3 is 2.90 bits per heavy atom. The molecule has 2 heterocycles. The fraction of sp³-hybridized carbons (Fsp3) is 0.429. The molecule has 0 spiro atoms. The molecule has 2 N–H and O–H groups in total. The van der Waals surface area contributed by atoms with Crippen LogP contribution in [0.5, 0.6) is 0 Å². The van der Waals surface area contributed by atoms with Crippen molar-refractivity contribution in [2.75, 3.05) is 18.1 Å². The van der Waals surface area contributed by atoms with E-state index in [4.69, 9.17) is 0 Å². The van der Waals surface area contributed by atoms with Crippen molar-refractivity contribution in [3.05, 3.63) is 40.4 Å². The molecule has 1 aliphatic rings. The first-order valence-corrected chi connectivity index (χ1v) is 8.75. The van der Waals surface area contributed by atoms with Crippen LogP contribution in [0.2, 0.25) is 0 Å². The number of sulfone groups is 1. The fourth-order valence-electron chi connectivity index (χ4n) is 2.65. The Hall–Kier alpha value is -1.73. The molecule has 1 fully saturated rings. The van der Waals surface area contributed by atoms with Gasteiger partial charge in [-0.15, -0.1) is 0 Å². The minimum atomic E-state index is -2.84. The van der Waals surface area contributed by atoms with Crippen LogP contribution in [0.15, 0.2) is 29.1 Å². The van der Waals surface area contributed by atoms with Gasteiger partial charge in [-0.1, -0.05) is 12.1 Å². The number of aromatic amines is 1. The number of para-hydroxylation sites is 1. The van der Waals surface area contributed by atoms with Crippen LogP contribution in [0.1, 0.15) is 12.2 Å². The van der Waals surface area contributed by atoms with Gasteiger partial charge in [0.2, 0.25) is 0 Å². The lowest BCUT2D eigenvalue weighted by atomic mass is 10.1. The molecule has 1 unspecified atom stereocenters. The van der Waals surface area contributed by atoms with Crippen LogP contribution < -0.4 is 10.9 Å². The van der Waals surface area contributed by atoms with E-state index in [-0.39, 0.29) is 23.0 Å². The van der Waals surface area contributed by atoms with E-state index >= 15 is 0 Å². The third kappa shape index (κ3) is 3.30. The van der Waals surface area contributed by atoms with Crippen molar-refractivity contribution in [1.29, 1.82) is 0 Å². The maximum Gasteiger partial charge on any atom is 0.258 e. The molecule has 2 aromatic rings. The SMILES string of the molecule is O=c1[nH]c(CNCC2CCS(=O)(=O)C2)nc2ccccc12. The minimum absolute atomic E-state index is 0.152. The van der Waals surface area contributed by atoms with E-state index in [1.54, 1.807) is 18.2 Å². The smallest absolute Gasteiger partial charge is 0.258 e. The van der Waals surface area contributed by atoms with Gasteiger partial charge < -0.3 is 10.3 Å². The standard InChI is InChI=1S/C14H17N3O3S/c18-14-11-3-1-2-4-12(11)16-13(17-14)8-15-7-10-5-6-21(19,20)9-10/h1-4,10,15H,5-9H2,(H,16,17,18). The number of nitrogens with zero attached hydrogens (tertiary/aromatic N) is 1. The van der Waals surface area contributed by atoms with E-state index in [9.17, 15) is 13.2 Å². The summed E-state index contributed by atoms with van der Waals surface area (Å²) >= 11 is 0. The summed E-state index contributed by atoms with van der Waals surface area (Å²) in [4.78, 5) is 19.0. The second kappa shape index (κ2) is 5.57. The summed E-state index contributed by atoms with van der Waals surface area (Å²) < 4.78 is 22.8. The van der Waals surface area contributed by atoms with Gasteiger partial charge in [-0.05, 0) is 31.0 Å². The Kier molecular flexibility index (Phi) is 3.77. The number of hydrogen-bond acceptors (Lipinski definition) is 5. The molecule has 0 saturated carbocycles. The molecular weight excluding hydrogens is 290 g/mol. The lowest BCUT2D eigenvalue weighted by molar-refractivity contribution is 0.514. The molecule has 1 aromatic heterocycles. The van der Waals surface area contributed by atoms with E-state index < -0.39 is 9.84 Å². The van der Waals surface area contributed by atoms with E-state index in [0.717, 1.165) is 0 Å². The summed E-state index contributed by atoms with van der Waals surface area (Å²) in [6, 6.07) is 7.19.